The molecule has 1 amide bonds. The Bertz CT molecular complexity index is 1220. The topological polar surface area (TPSA) is 59.5 Å². The second-order valence-electron chi connectivity index (χ2n) is 13.0. The van der Waals surface area contributed by atoms with Crippen LogP contribution >= 0.6 is 0 Å². The van der Waals surface area contributed by atoms with Gasteiger partial charge in [-0.1, -0.05) is 13.0 Å². The van der Waals surface area contributed by atoms with Gasteiger partial charge in [0.15, 0.2) is 0 Å². The van der Waals surface area contributed by atoms with E-state index in [2.05, 4.69) is 24.0 Å². The molecule has 3 aliphatic rings. The molecule has 0 spiro atoms. The SMILES string of the molecule is CN(CCC(=O)OC(C)(C)C)C(=O)c1ccc2c(c1)CCC1C2CCC2(C)C(c3cncc(F)c3)CCC12. The summed E-state index contributed by atoms with van der Waals surface area (Å²) >= 11 is 0. The Morgan fingerprint density at radius 2 is 1.92 bits per heavy atom. The van der Waals surface area contributed by atoms with Gasteiger partial charge in [0, 0.05) is 25.4 Å². The van der Waals surface area contributed by atoms with Crippen LogP contribution in [0.1, 0.15) is 105 Å². The molecule has 5 rings (SSSR count). The summed E-state index contributed by atoms with van der Waals surface area (Å²) in [5.41, 5.74) is 4.11. The highest BCUT2D eigenvalue weighted by molar-refractivity contribution is 5.94. The Morgan fingerprint density at radius 3 is 2.66 bits per heavy atom. The molecular formula is C32H41FN2O3. The second kappa shape index (κ2) is 10.1. The maximum Gasteiger partial charge on any atom is 0.308 e. The summed E-state index contributed by atoms with van der Waals surface area (Å²) in [5, 5.41) is 0. The first-order valence-electron chi connectivity index (χ1n) is 14.2. The van der Waals surface area contributed by atoms with E-state index >= 15 is 0 Å². The van der Waals surface area contributed by atoms with E-state index in [0.717, 1.165) is 37.7 Å². The smallest absolute Gasteiger partial charge is 0.308 e. The zero-order valence-corrected chi connectivity index (χ0v) is 23.4. The van der Waals surface area contributed by atoms with Crippen molar-refractivity contribution in [2.75, 3.05) is 13.6 Å². The molecule has 5 unspecified atom stereocenters. The number of benzene rings is 1. The Kier molecular flexibility index (Phi) is 7.12. The van der Waals surface area contributed by atoms with Crippen LogP contribution in [0.5, 0.6) is 0 Å². The average Bonchev–Trinajstić information content (AvgIpc) is 3.22. The summed E-state index contributed by atoms with van der Waals surface area (Å²) in [5.74, 6) is 1.56. The third-order valence-electron chi connectivity index (χ3n) is 9.52. The predicted octanol–water partition coefficient (Wildman–Crippen LogP) is 6.66. The molecular weight excluding hydrogens is 479 g/mol. The van der Waals surface area contributed by atoms with Crippen LogP contribution in [-0.4, -0.2) is 41.0 Å². The van der Waals surface area contributed by atoms with E-state index in [9.17, 15) is 14.0 Å². The van der Waals surface area contributed by atoms with E-state index in [1.54, 1.807) is 18.0 Å². The normalized spacial score (nSPS) is 28.2. The number of carbonyl (C=O) groups is 2. The molecule has 1 heterocycles. The highest BCUT2D eigenvalue weighted by Gasteiger charge is 2.55. The first-order valence-corrected chi connectivity index (χ1v) is 14.2. The van der Waals surface area contributed by atoms with E-state index in [4.69, 9.17) is 4.74 Å². The molecule has 1 aromatic heterocycles. The molecule has 0 bridgehead atoms. The maximum absolute atomic E-state index is 14.0. The molecule has 0 N–H and O–H groups in total. The van der Waals surface area contributed by atoms with E-state index in [0.29, 0.717) is 35.8 Å². The lowest BCUT2D eigenvalue weighted by Gasteiger charge is -2.51. The maximum atomic E-state index is 14.0. The zero-order valence-electron chi connectivity index (χ0n) is 23.4. The fourth-order valence-corrected chi connectivity index (χ4v) is 7.86. The lowest BCUT2D eigenvalue weighted by molar-refractivity contribution is -0.154. The van der Waals surface area contributed by atoms with E-state index in [1.807, 2.05) is 33.0 Å². The Morgan fingerprint density at radius 1 is 1.13 bits per heavy atom. The zero-order chi connectivity index (χ0) is 27.2. The monoisotopic (exact) mass is 520 g/mol. The van der Waals surface area contributed by atoms with Crippen molar-refractivity contribution in [1.82, 2.24) is 9.88 Å². The highest BCUT2D eigenvalue weighted by Crippen LogP contribution is 2.65. The molecule has 3 aliphatic carbocycles. The summed E-state index contributed by atoms with van der Waals surface area (Å²) in [6.45, 7) is 8.30. The molecule has 2 aromatic rings. The Balaban J connectivity index is 1.27. The van der Waals surface area contributed by atoms with Gasteiger partial charge in [-0.15, -0.1) is 0 Å². The number of aryl methyl sites for hydroxylation is 1. The van der Waals surface area contributed by atoms with Gasteiger partial charge in [0.25, 0.3) is 5.91 Å². The van der Waals surface area contributed by atoms with Gasteiger partial charge in [0.05, 0.1) is 12.6 Å². The van der Waals surface area contributed by atoms with Crippen molar-refractivity contribution in [3.8, 4) is 0 Å². The molecule has 0 saturated heterocycles. The lowest BCUT2D eigenvalue weighted by atomic mass is 9.53. The quantitative estimate of drug-likeness (QED) is 0.414. The fourth-order valence-electron chi connectivity index (χ4n) is 7.86. The molecule has 0 aliphatic heterocycles. The molecule has 6 heteroatoms. The van der Waals surface area contributed by atoms with Gasteiger partial charge in [-0.05, 0) is 123 Å². The number of esters is 1. The number of hydrogen-bond acceptors (Lipinski definition) is 4. The number of nitrogens with zero attached hydrogens (tertiary/aromatic N) is 2. The molecule has 204 valence electrons. The van der Waals surface area contributed by atoms with Crippen molar-refractivity contribution >= 4 is 11.9 Å². The molecule has 2 saturated carbocycles. The number of halogens is 1. The van der Waals surface area contributed by atoms with Crippen LogP contribution in [0.15, 0.2) is 36.7 Å². The molecule has 2 fully saturated rings. The number of fused-ring (bicyclic) bond motifs is 5. The largest absolute Gasteiger partial charge is 0.460 e. The number of pyridine rings is 1. The van der Waals surface area contributed by atoms with Crippen LogP contribution in [0.3, 0.4) is 0 Å². The molecule has 38 heavy (non-hydrogen) atoms. The van der Waals surface area contributed by atoms with Crippen molar-refractivity contribution in [1.29, 1.82) is 0 Å². The van der Waals surface area contributed by atoms with Crippen LogP contribution in [0.4, 0.5) is 4.39 Å². The van der Waals surface area contributed by atoms with Crippen LogP contribution in [0, 0.1) is 23.1 Å². The van der Waals surface area contributed by atoms with E-state index < -0.39 is 5.60 Å². The number of rotatable bonds is 5. The summed E-state index contributed by atoms with van der Waals surface area (Å²) in [6, 6.07) is 7.93. The van der Waals surface area contributed by atoms with Crippen molar-refractivity contribution in [3.05, 3.63) is 64.7 Å². The van der Waals surface area contributed by atoms with Crippen LogP contribution in [0.2, 0.25) is 0 Å². The third-order valence-corrected chi connectivity index (χ3v) is 9.52. The number of carbonyl (C=O) groups excluding carboxylic acids is 2. The standard InChI is InChI=1S/C32H41FN2O3/c1-31(2,3)38-29(36)13-15-35(5)30(37)21-7-8-24-20(16-21)6-9-26-25(24)12-14-32(4)27(10-11-28(26)32)22-17-23(33)19-34-18-22/h7-8,16-19,25-28H,6,9-15H2,1-5H3. The van der Waals surface area contributed by atoms with Crippen LogP contribution in [0.25, 0.3) is 0 Å². The van der Waals surface area contributed by atoms with E-state index in [1.165, 1.54) is 23.7 Å². The number of ether oxygens (including phenoxy) is 1. The number of hydrogen-bond donors (Lipinski definition) is 0. The first kappa shape index (κ1) is 26.8. The summed E-state index contributed by atoms with van der Waals surface area (Å²) in [7, 11) is 1.74. The minimum absolute atomic E-state index is 0.0583. The first-order chi connectivity index (χ1) is 18.0. The summed E-state index contributed by atoms with van der Waals surface area (Å²) in [4.78, 5) is 31.0. The van der Waals surface area contributed by atoms with Crippen molar-refractivity contribution in [2.45, 2.75) is 90.1 Å². The fraction of sp³-hybridized carbons (Fsp3) is 0.594. The van der Waals surface area contributed by atoms with Gasteiger partial charge in [0.1, 0.15) is 11.4 Å². The van der Waals surface area contributed by atoms with Gasteiger partial charge in [-0.2, -0.15) is 0 Å². The lowest BCUT2D eigenvalue weighted by Crippen LogP contribution is -2.41. The average molecular weight is 521 g/mol. The van der Waals surface area contributed by atoms with E-state index in [-0.39, 0.29) is 29.5 Å². The molecule has 5 nitrogen and oxygen atoms in total. The number of aromatic nitrogens is 1. The van der Waals surface area contributed by atoms with Crippen molar-refractivity contribution in [2.24, 2.45) is 17.3 Å². The van der Waals surface area contributed by atoms with Crippen LogP contribution in [-0.2, 0) is 16.0 Å². The molecule has 1 aromatic carbocycles. The minimum Gasteiger partial charge on any atom is -0.460 e. The van der Waals surface area contributed by atoms with Gasteiger partial charge in [-0.3, -0.25) is 14.6 Å². The third kappa shape index (κ3) is 5.11. The Labute approximate surface area is 226 Å². The second-order valence-corrected chi connectivity index (χ2v) is 13.0. The minimum atomic E-state index is -0.525. The van der Waals surface area contributed by atoms with Crippen molar-refractivity contribution in [3.63, 3.8) is 0 Å². The van der Waals surface area contributed by atoms with Crippen LogP contribution < -0.4 is 0 Å². The molecule has 0 radical (unpaired) electrons. The van der Waals surface area contributed by atoms with Gasteiger partial charge in [0.2, 0.25) is 0 Å². The Hall–Kier alpha value is -2.76. The highest BCUT2D eigenvalue weighted by atomic mass is 19.1. The predicted molar refractivity (Wildman–Crippen MR) is 145 cm³/mol. The van der Waals surface area contributed by atoms with Gasteiger partial charge >= 0.3 is 5.97 Å². The number of amides is 1. The van der Waals surface area contributed by atoms with Crippen molar-refractivity contribution < 1.29 is 18.7 Å². The summed E-state index contributed by atoms with van der Waals surface area (Å²) < 4.78 is 19.3. The van der Waals surface area contributed by atoms with Gasteiger partial charge < -0.3 is 9.64 Å². The summed E-state index contributed by atoms with van der Waals surface area (Å²) in [6.07, 6.45) is 10.0. The molecule has 5 atom stereocenters. The van der Waals surface area contributed by atoms with Gasteiger partial charge in [-0.25, -0.2) is 4.39 Å².